The molecule has 0 rings (SSSR count). The van der Waals surface area contributed by atoms with Crippen molar-refractivity contribution in [3.8, 4) is 0 Å². The average molecular weight is 835 g/mol. The summed E-state index contributed by atoms with van der Waals surface area (Å²) in [5.74, 6) is 1.64. The summed E-state index contributed by atoms with van der Waals surface area (Å²) in [6.07, 6.45) is 43.8. The van der Waals surface area contributed by atoms with E-state index in [9.17, 15) is 14.4 Å². The van der Waals surface area contributed by atoms with E-state index >= 15 is 0 Å². The van der Waals surface area contributed by atoms with Crippen molar-refractivity contribution in [1.29, 1.82) is 0 Å². The Morgan fingerprint density at radius 3 is 0.881 bits per heavy atom. The van der Waals surface area contributed by atoms with Gasteiger partial charge in [0.05, 0.1) is 0 Å². The van der Waals surface area contributed by atoms with Gasteiger partial charge in [-0.2, -0.15) is 0 Å². The lowest BCUT2D eigenvalue weighted by Gasteiger charge is -2.18. The second-order valence-electron chi connectivity index (χ2n) is 19.4. The van der Waals surface area contributed by atoms with Gasteiger partial charge < -0.3 is 14.2 Å². The van der Waals surface area contributed by atoms with Gasteiger partial charge in [-0.3, -0.25) is 14.4 Å². The third-order valence-corrected chi connectivity index (χ3v) is 12.3. The maximum absolute atomic E-state index is 12.8. The standard InChI is InChI=1S/C53H102O6/c1-7-49(6)41-35-29-23-16-12-10-8-9-11-13-17-24-30-36-42-51(54)57-45-50(46-58-52(55)43-37-31-25-20-19-22-28-34-40-48(4)5)59-53(56)44-38-32-26-18-14-15-21-27-33-39-47(2)3/h47-50H,7-46H2,1-6H3/t49?,50-/m0/s1. The van der Waals surface area contributed by atoms with Crippen LogP contribution in [0.3, 0.4) is 0 Å². The van der Waals surface area contributed by atoms with Gasteiger partial charge in [0.1, 0.15) is 13.2 Å². The molecule has 0 radical (unpaired) electrons. The van der Waals surface area contributed by atoms with Crippen LogP contribution in [0.1, 0.15) is 286 Å². The topological polar surface area (TPSA) is 78.9 Å². The van der Waals surface area contributed by atoms with Gasteiger partial charge in [-0.25, -0.2) is 0 Å². The van der Waals surface area contributed by atoms with Crippen LogP contribution in [0.2, 0.25) is 0 Å². The average Bonchev–Trinajstić information content (AvgIpc) is 3.20. The molecule has 0 bridgehead atoms. The zero-order valence-corrected chi connectivity index (χ0v) is 40.5. The first-order valence-electron chi connectivity index (χ1n) is 26.1. The van der Waals surface area contributed by atoms with Crippen molar-refractivity contribution < 1.29 is 28.6 Å². The second-order valence-corrected chi connectivity index (χ2v) is 19.4. The number of hydrogen-bond acceptors (Lipinski definition) is 6. The number of carbonyl (C=O) groups is 3. The van der Waals surface area contributed by atoms with Crippen LogP contribution in [0, 0.1) is 17.8 Å². The molecule has 0 spiro atoms. The molecule has 0 saturated carbocycles. The third-order valence-electron chi connectivity index (χ3n) is 12.3. The molecule has 6 heteroatoms. The van der Waals surface area contributed by atoms with Crippen molar-refractivity contribution in [3.05, 3.63) is 0 Å². The van der Waals surface area contributed by atoms with Crippen LogP contribution in [-0.4, -0.2) is 37.2 Å². The van der Waals surface area contributed by atoms with Crippen molar-refractivity contribution in [2.45, 2.75) is 292 Å². The number of rotatable bonds is 46. The van der Waals surface area contributed by atoms with Crippen LogP contribution < -0.4 is 0 Å². The summed E-state index contributed by atoms with van der Waals surface area (Å²) in [4.78, 5) is 37.9. The van der Waals surface area contributed by atoms with Crippen molar-refractivity contribution in [2.75, 3.05) is 13.2 Å². The maximum atomic E-state index is 12.8. The predicted octanol–water partition coefficient (Wildman–Crippen LogP) is 16.8. The fourth-order valence-electron chi connectivity index (χ4n) is 7.91. The molecule has 0 aromatic rings. The van der Waals surface area contributed by atoms with E-state index in [1.165, 1.54) is 167 Å². The summed E-state index contributed by atoms with van der Waals surface area (Å²) in [5, 5.41) is 0. The van der Waals surface area contributed by atoms with E-state index in [1.54, 1.807) is 0 Å². The quantitative estimate of drug-likeness (QED) is 0.0345. The highest BCUT2D eigenvalue weighted by atomic mass is 16.6. The lowest BCUT2D eigenvalue weighted by atomic mass is 9.99. The number of hydrogen-bond donors (Lipinski definition) is 0. The maximum Gasteiger partial charge on any atom is 0.306 e. The highest BCUT2D eigenvalue weighted by molar-refractivity contribution is 5.71. The SMILES string of the molecule is CCC(C)CCCCCCCCCCCCCCCCC(=O)OC[C@@H](COC(=O)CCCCCCCCCCC(C)C)OC(=O)CCCCCCCCCCCC(C)C. The zero-order valence-electron chi connectivity index (χ0n) is 40.5. The van der Waals surface area contributed by atoms with Gasteiger partial charge in [0, 0.05) is 19.3 Å². The minimum Gasteiger partial charge on any atom is -0.462 e. The molecular formula is C53H102O6. The Morgan fingerprint density at radius 2 is 0.593 bits per heavy atom. The molecule has 1 unspecified atom stereocenters. The molecule has 0 aromatic carbocycles. The van der Waals surface area contributed by atoms with Crippen molar-refractivity contribution in [2.24, 2.45) is 17.8 Å². The smallest absolute Gasteiger partial charge is 0.306 e. The van der Waals surface area contributed by atoms with E-state index in [-0.39, 0.29) is 31.1 Å². The number of esters is 3. The van der Waals surface area contributed by atoms with Gasteiger partial charge in [0.15, 0.2) is 6.10 Å². The first-order chi connectivity index (χ1) is 28.6. The summed E-state index contributed by atoms with van der Waals surface area (Å²) in [5.41, 5.74) is 0. The van der Waals surface area contributed by atoms with Gasteiger partial charge in [-0.15, -0.1) is 0 Å². The molecule has 0 heterocycles. The summed E-state index contributed by atoms with van der Waals surface area (Å²) in [7, 11) is 0. The molecule has 59 heavy (non-hydrogen) atoms. The van der Waals surface area contributed by atoms with E-state index in [1.807, 2.05) is 0 Å². The molecule has 0 amide bonds. The largest absolute Gasteiger partial charge is 0.462 e. The van der Waals surface area contributed by atoms with Gasteiger partial charge in [0.25, 0.3) is 0 Å². The minimum atomic E-state index is -0.763. The Labute approximate surface area is 368 Å². The van der Waals surface area contributed by atoms with Crippen LogP contribution in [0.25, 0.3) is 0 Å². The molecule has 0 aromatic heterocycles. The van der Waals surface area contributed by atoms with Crippen molar-refractivity contribution in [3.63, 3.8) is 0 Å². The molecule has 0 aliphatic carbocycles. The highest BCUT2D eigenvalue weighted by Crippen LogP contribution is 2.18. The first-order valence-corrected chi connectivity index (χ1v) is 26.1. The van der Waals surface area contributed by atoms with Gasteiger partial charge in [-0.05, 0) is 37.0 Å². The molecular weight excluding hydrogens is 733 g/mol. The monoisotopic (exact) mass is 835 g/mol. The zero-order chi connectivity index (χ0) is 43.4. The summed E-state index contributed by atoms with van der Waals surface area (Å²) >= 11 is 0. The predicted molar refractivity (Wildman–Crippen MR) is 252 cm³/mol. The Hall–Kier alpha value is -1.59. The van der Waals surface area contributed by atoms with Crippen LogP contribution in [0.4, 0.5) is 0 Å². The normalized spacial score (nSPS) is 12.6. The molecule has 350 valence electrons. The van der Waals surface area contributed by atoms with Crippen molar-refractivity contribution in [1.82, 2.24) is 0 Å². The van der Waals surface area contributed by atoms with E-state index in [4.69, 9.17) is 14.2 Å². The molecule has 0 aliphatic heterocycles. The van der Waals surface area contributed by atoms with Gasteiger partial charge >= 0.3 is 17.9 Å². The van der Waals surface area contributed by atoms with Crippen LogP contribution >= 0.6 is 0 Å². The fourth-order valence-corrected chi connectivity index (χ4v) is 7.91. The van der Waals surface area contributed by atoms with Crippen LogP contribution in [-0.2, 0) is 28.6 Å². The lowest BCUT2D eigenvalue weighted by Crippen LogP contribution is -2.30. The lowest BCUT2D eigenvalue weighted by molar-refractivity contribution is -0.167. The van der Waals surface area contributed by atoms with E-state index < -0.39 is 6.10 Å². The van der Waals surface area contributed by atoms with E-state index in [2.05, 4.69) is 41.5 Å². The second kappa shape index (κ2) is 44.5. The fraction of sp³-hybridized carbons (Fsp3) is 0.943. The third kappa shape index (κ3) is 45.8. The Morgan fingerprint density at radius 1 is 0.339 bits per heavy atom. The molecule has 2 atom stereocenters. The highest BCUT2D eigenvalue weighted by Gasteiger charge is 2.19. The summed E-state index contributed by atoms with van der Waals surface area (Å²) in [6.45, 7) is 13.7. The van der Waals surface area contributed by atoms with Crippen LogP contribution in [0.5, 0.6) is 0 Å². The molecule has 0 fully saturated rings. The number of ether oxygens (including phenoxy) is 3. The van der Waals surface area contributed by atoms with Crippen LogP contribution in [0.15, 0.2) is 0 Å². The number of carbonyl (C=O) groups excluding carboxylic acids is 3. The number of unbranched alkanes of at least 4 members (excludes halogenated alkanes) is 28. The van der Waals surface area contributed by atoms with Crippen molar-refractivity contribution >= 4 is 17.9 Å². The molecule has 0 aliphatic rings. The first kappa shape index (κ1) is 57.4. The Balaban J connectivity index is 4.27. The molecule has 0 N–H and O–H groups in total. The minimum absolute atomic E-state index is 0.0651. The molecule has 6 nitrogen and oxygen atoms in total. The summed E-state index contributed by atoms with van der Waals surface area (Å²) in [6, 6.07) is 0. The van der Waals surface area contributed by atoms with Gasteiger partial charge in [-0.1, -0.05) is 247 Å². The summed E-state index contributed by atoms with van der Waals surface area (Å²) < 4.78 is 16.8. The van der Waals surface area contributed by atoms with E-state index in [0.29, 0.717) is 19.3 Å². The van der Waals surface area contributed by atoms with Gasteiger partial charge in [0.2, 0.25) is 0 Å². The Kier molecular flexibility index (Phi) is 43.3. The molecule has 0 saturated heterocycles. The Bertz CT molecular complexity index is 916. The van der Waals surface area contributed by atoms with E-state index in [0.717, 1.165) is 75.5 Å².